The minimum Gasteiger partial charge on any atom is -0.328 e. The van der Waals surface area contributed by atoms with Crippen molar-refractivity contribution >= 4 is 33.4 Å². The molecule has 4 heterocycles. The fourth-order valence-corrected chi connectivity index (χ4v) is 4.49. The van der Waals surface area contributed by atoms with E-state index >= 15 is 0 Å². The van der Waals surface area contributed by atoms with Gasteiger partial charge in [-0.2, -0.15) is 5.10 Å². The van der Waals surface area contributed by atoms with Crippen molar-refractivity contribution < 1.29 is 4.79 Å². The molecule has 8 heteroatoms. The standard InChI is InChI=1S/C23H18N6O2/c30-20(26-14-11-24-25-12-14)13-29-19-8-4-2-5-15(19)16-9-10-28-22(21(16)29)27-18-7-3-1-6-17(18)23(28)31/h1-8,11-12H,9-10,13H2,(H,24,25)(H,26,30). The van der Waals surface area contributed by atoms with Crippen LogP contribution in [0, 0.1) is 0 Å². The van der Waals surface area contributed by atoms with Gasteiger partial charge in [0.1, 0.15) is 6.54 Å². The zero-order valence-corrected chi connectivity index (χ0v) is 16.5. The normalized spacial score (nSPS) is 12.6. The minimum atomic E-state index is -0.176. The van der Waals surface area contributed by atoms with Gasteiger partial charge in [-0.25, -0.2) is 4.98 Å². The van der Waals surface area contributed by atoms with Crippen molar-refractivity contribution in [3.63, 3.8) is 0 Å². The Balaban J connectivity index is 1.57. The van der Waals surface area contributed by atoms with Gasteiger partial charge in [-0.15, -0.1) is 0 Å². The lowest BCUT2D eigenvalue weighted by atomic mass is 10.0. The van der Waals surface area contributed by atoms with Crippen molar-refractivity contribution in [2.24, 2.45) is 0 Å². The molecular formula is C23H18N6O2. The van der Waals surface area contributed by atoms with Crippen LogP contribution < -0.4 is 10.9 Å². The van der Waals surface area contributed by atoms with Crippen LogP contribution in [0.1, 0.15) is 5.56 Å². The summed E-state index contributed by atoms with van der Waals surface area (Å²) in [6, 6.07) is 15.4. The van der Waals surface area contributed by atoms with E-state index in [0.717, 1.165) is 22.2 Å². The van der Waals surface area contributed by atoms with Crippen LogP contribution in [0.25, 0.3) is 33.3 Å². The molecule has 0 atom stereocenters. The molecule has 2 N–H and O–H groups in total. The number of carbonyl (C=O) groups is 1. The van der Waals surface area contributed by atoms with Crippen LogP contribution in [-0.4, -0.2) is 30.2 Å². The monoisotopic (exact) mass is 410 g/mol. The smallest absolute Gasteiger partial charge is 0.261 e. The summed E-state index contributed by atoms with van der Waals surface area (Å²) in [6.45, 7) is 0.665. The van der Waals surface area contributed by atoms with E-state index in [4.69, 9.17) is 4.98 Å². The lowest BCUT2D eigenvalue weighted by molar-refractivity contribution is -0.116. The second-order valence-corrected chi connectivity index (χ2v) is 7.62. The molecule has 5 aromatic rings. The first-order valence-corrected chi connectivity index (χ1v) is 10.1. The number of hydrogen-bond acceptors (Lipinski definition) is 4. The topological polar surface area (TPSA) is 97.6 Å². The van der Waals surface area contributed by atoms with Gasteiger partial charge in [0.25, 0.3) is 5.56 Å². The van der Waals surface area contributed by atoms with E-state index in [9.17, 15) is 9.59 Å². The Kier molecular flexibility index (Phi) is 3.79. The third-order valence-electron chi connectivity index (χ3n) is 5.82. The maximum Gasteiger partial charge on any atom is 0.261 e. The number of anilines is 1. The van der Waals surface area contributed by atoms with E-state index in [1.54, 1.807) is 23.0 Å². The van der Waals surface area contributed by atoms with Gasteiger partial charge in [0.2, 0.25) is 5.91 Å². The Morgan fingerprint density at radius 2 is 1.90 bits per heavy atom. The van der Waals surface area contributed by atoms with Crippen LogP contribution in [-0.2, 0) is 24.3 Å². The number of nitrogens with one attached hydrogen (secondary N) is 2. The number of aromatic nitrogens is 5. The third kappa shape index (κ3) is 2.68. The first-order chi connectivity index (χ1) is 15.2. The zero-order valence-electron chi connectivity index (χ0n) is 16.5. The molecule has 0 aliphatic carbocycles. The Labute approximate surface area is 176 Å². The number of rotatable bonds is 3. The quantitative estimate of drug-likeness (QED) is 0.478. The van der Waals surface area contributed by atoms with E-state index in [0.29, 0.717) is 35.4 Å². The molecule has 31 heavy (non-hydrogen) atoms. The Bertz CT molecular complexity index is 1530. The fraction of sp³-hybridized carbons (Fsp3) is 0.130. The Hall–Kier alpha value is -4.20. The number of carbonyl (C=O) groups excluding carboxylic acids is 1. The molecule has 0 saturated heterocycles. The van der Waals surface area contributed by atoms with E-state index in [1.165, 1.54) is 0 Å². The van der Waals surface area contributed by atoms with E-state index in [-0.39, 0.29) is 18.0 Å². The van der Waals surface area contributed by atoms with E-state index in [2.05, 4.69) is 21.6 Å². The number of benzene rings is 2. The van der Waals surface area contributed by atoms with Crippen LogP contribution in [0.2, 0.25) is 0 Å². The van der Waals surface area contributed by atoms with Crippen molar-refractivity contribution in [3.8, 4) is 11.5 Å². The largest absolute Gasteiger partial charge is 0.328 e. The number of nitrogens with zero attached hydrogens (tertiary/aromatic N) is 4. The van der Waals surface area contributed by atoms with Crippen LogP contribution in [0.4, 0.5) is 5.69 Å². The molecule has 2 aromatic carbocycles. The molecule has 3 aromatic heterocycles. The lowest BCUT2D eigenvalue weighted by Gasteiger charge is -2.21. The number of aromatic amines is 1. The minimum absolute atomic E-state index is 0.0501. The maximum absolute atomic E-state index is 13.2. The summed E-state index contributed by atoms with van der Waals surface area (Å²) in [5.41, 5.74) is 4.12. The van der Waals surface area contributed by atoms with Gasteiger partial charge >= 0.3 is 0 Å². The number of amides is 1. The van der Waals surface area contributed by atoms with Crippen LogP contribution >= 0.6 is 0 Å². The molecule has 1 aliphatic rings. The Morgan fingerprint density at radius 3 is 2.74 bits per heavy atom. The van der Waals surface area contributed by atoms with Gasteiger partial charge in [0.05, 0.1) is 28.5 Å². The molecule has 1 aliphatic heterocycles. The first-order valence-electron chi connectivity index (χ1n) is 10.1. The summed E-state index contributed by atoms with van der Waals surface area (Å²) in [4.78, 5) is 30.9. The van der Waals surface area contributed by atoms with Crippen LogP contribution in [0.3, 0.4) is 0 Å². The predicted octanol–water partition coefficient (Wildman–Crippen LogP) is 2.94. The highest BCUT2D eigenvalue weighted by molar-refractivity contribution is 5.96. The molecule has 1 amide bonds. The number of aryl methyl sites for hydroxylation is 1. The van der Waals surface area contributed by atoms with Crippen molar-refractivity contribution in [2.45, 2.75) is 19.5 Å². The Morgan fingerprint density at radius 1 is 1.10 bits per heavy atom. The highest BCUT2D eigenvalue weighted by Gasteiger charge is 2.27. The van der Waals surface area contributed by atoms with Crippen molar-refractivity contribution in [1.29, 1.82) is 0 Å². The molecule has 152 valence electrons. The molecule has 0 fully saturated rings. The lowest BCUT2D eigenvalue weighted by Crippen LogP contribution is -2.29. The van der Waals surface area contributed by atoms with Crippen molar-refractivity contribution in [1.82, 2.24) is 24.3 Å². The van der Waals surface area contributed by atoms with Crippen LogP contribution in [0.15, 0.2) is 65.7 Å². The summed E-state index contributed by atoms with van der Waals surface area (Å²) in [5, 5.41) is 11.1. The predicted molar refractivity (Wildman–Crippen MR) is 118 cm³/mol. The summed E-state index contributed by atoms with van der Waals surface area (Å²) < 4.78 is 3.69. The van der Waals surface area contributed by atoms with Crippen molar-refractivity contribution in [2.75, 3.05) is 5.32 Å². The second-order valence-electron chi connectivity index (χ2n) is 7.62. The van der Waals surface area contributed by atoms with Gasteiger partial charge in [-0.05, 0) is 30.2 Å². The zero-order chi connectivity index (χ0) is 20.9. The summed E-state index contributed by atoms with van der Waals surface area (Å²) >= 11 is 0. The number of hydrogen-bond donors (Lipinski definition) is 2. The van der Waals surface area contributed by atoms with Gasteiger partial charge in [-0.1, -0.05) is 30.3 Å². The molecular weight excluding hydrogens is 392 g/mol. The molecule has 0 radical (unpaired) electrons. The number of H-pyrrole nitrogens is 1. The molecule has 8 nitrogen and oxygen atoms in total. The molecule has 0 saturated carbocycles. The van der Waals surface area contributed by atoms with Gasteiger partial charge in [0.15, 0.2) is 5.82 Å². The highest BCUT2D eigenvalue weighted by Crippen LogP contribution is 2.36. The maximum atomic E-state index is 13.2. The fourth-order valence-electron chi connectivity index (χ4n) is 4.49. The van der Waals surface area contributed by atoms with Gasteiger partial charge < -0.3 is 9.88 Å². The molecule has 0 unspecified atom stereocenters. The number of para-hydroxylation sites is 2. The van der Waals surface area contributed by atoms with E-state index in [1.807, 2.05) is 41.0 Å². The summed E-state index contributed by atoms with van der Waals surface area (Å²) in [7, 11) is 0. The second kappa shape index (κ2) is 6.66. The average Bonchev–Trinajstić information content (AvgIpc) is 3.41. The molecule has 0 bridgehead atoms. The van der Waals surface area contributed by atoms with Crippen molar-refractivity contribution in [3.05, 3.63) is 76.8 Å². The van der Waals surface area contributed by atoms with E-state index < -0.39 is 0 Å². The van der Waals surface area contributed by atoms with Gasteiger partial charge in [0, 0.05) is 23.6 Å². The average molecular weight is 410 g/mol. The summed E-state index contributed by atoms with van der Waals surface area (Å²) in [5.74, 6) is 0.433. The first kappa shape index (κ1) is 17.6. The third-order valence-corrected chi connectivity index (χ3v) is 5.82. The van der Waals surface area contributed by atoms with Crippen LogP contribution in [0.5, 0.6) is 0 Å². The SMILES string of the molecule is O=C(Cn1c2c(c3ccccc31)CCn1c-2nc2ccccc2c1=O)Nc1cn[nH]c1. The molecule has 6 rings (SSSR count). The summed E-state index contributed by atoms with van der Waals surface area (Å²) in [6.07, 6.45) is 3.90. The highest BCUT2D eigenvalue weighted by atomic mass is 16.2. The van der Waals surface area contributed by atoms with Gasteiger partial charge in [-0.3, -0.25) is 19.3 Å². The number of fused-ring (bicyclic) bond motifs is 6. The molecule has 0 spiro atoms.